The van der Waals surface area contributed by atoms with Crippen LogP contribution in [0.5, 0.6) is 11.5 Å². The van der Waals surface area contributed by atoms with Gasteiger partial charge in [-0.1, -0.05) is 0 Å². The SMILES string of the molecule is COc1ccc(NC(=O)c2cc3sccc3n2C(C)C)cc1OC. The number of amides is 1. The lowest BCUT2D eigenvalue weighted by Gasteiger charge is -2.15. The largest absolute Gasteiger partial charge is 0.493 e. The Bertz CT molecular complexity index is 880. The van der Waals surface area contributed by atoms with Crippen LogP contribution in [0.2, 0.25) is 0 Å². The molecule has 0 spiro atoms. The highest BCUT2D eigenvalue weighted by Gasteiger charge is 2.18. The minimum atomic E-state index is -0.140. The average Bonchev–Trinajstić information content (AvgIpc) is 3.14. The van der Waals surface area contributed by atoms with Crippen LogP contribution in [0.1, 0.15) is 30.4 Å². The molecule has 1 N–H and O–H groups in total. The molecular weight excluding hydrogens is 324 g/mol. The van der Waals surface area contributed by atoms with Gasteiger partial charge in [-0.25, -0.2) is 0 Å². The number of nitrogens with zero attached hydrogens (tertiary/aromatic N) is 1. The summed E-state index contributed by atoms with van der Waals surface area (Å²) in [4.78, 5) is 12.8. The van der Waals surface area contributed by atoms with Gasteiger partial charge in [-0.15, -0.1) is 11.3 Å². The van der Waals surface area contributed by atoms with Crippen molar-refractivity contribution < 1.29 is 14.3 Å². The topological polar surface area (TPSA) is 52.5 Å². The third-order valence-corrected chi connectivity index (χ3v) is 4.70. The van der Waals surface area contributed by atoms with Gasteiger partial charge in [-0.2, -0.15) is 0 Å². The normalized spacial score (nSPS) is 11.0. The molecule has 1 amide bonds. The van der Waals surface area contributed by atoms with Gasteiger partial charge in [0.05, 0.1) is 24.4 Å². The lowest BCUT2D eigenvalue weighted by molar-refractivity contribution is 0.101. The van der Waals surface area contributed by atoms with E-state index in [9.17, 15) is 4.79 Å². The fourth-order valence-corrected chi connectivity index (χ4v) is 3.60. The maximum atomic E-state index is 12.8. The van der Waals surface area contributed by atoms with Crippen molar-refractivity contribution in [2.24, 2.45) is 0 Å². The van der Waals surface area contributed by atoms with E-state index in [4.69, 9.17) is 9.47 Å². The molecule has 0 aliphatic carbocycles. The first-order valence-corrected chi connectivity index (χ1v) is 8.55. The van der Waals surface area contributed by atoms with Crippen LogP contribution in [0.15, 0.2) is 35.7 Å². The summed E-state index contributed by atoms with van der Waals surface area (Å²) in [6, 6.07) is 9.51. The number of ether oxygens (including phenoxy) is 2. The highest BCUT2D eigenvalue weighted by molar-refractivity contribution is 7.17. The number of nitrogens with one attached hydrogen (secondary N) is 1. The van der Waals surface area contributed by atoms with Gasteiger partial charge in [0.2, 0.25) is 0 Å². The molecule has 126 valence electrons. The second kappa shape index (κ2) is 6.57. The van der Waals surface area contributed by atoms with E-state index >= 15 is 0 Å². The molecule has 24 heavy (non-hydrogen) atoms. The van der Waals surface area contributed by atoms with Crippen LogP contribution < -0.4 is 14.8 Å². The second-order valence-electron chi connectivity index (χ2n) is 5.69. The molecule has 0 fully saturated rings. The number of rotatable bonds is 5. The highest BCUT2D eigenvalue weighted by Crippen LogP contribution is 2.31. The maximum Gasteiger partial charge on any atom is 0.272 e. The van der Waals surface area contributed by atoms with E-state index in [2.05, 4.69) is 23.7 Å². The molecule has 0 aliphatic rings. The first kappa shape index (κ1) is 16.4. The number of carbonyl (C=O) groups is 1. The molecule has 2 heterocycles. The van der Waals surface area contributed by atoms with Gasteiger partial charge in [0.25, 0.3) is 5.91 Å². The number of carbonyl (C=O) groups excluding carboxylic acids is 1. The minimum Gasteiger partial charge on any atom is -0.493 e. The van der Waals surface area contributed by atoms with Crippen molar-refractivity contribution in [1.29, 1.82) is 0 Å². The van der Waals surface area contributed by atoms with Crippen molar-refractivity contribution >= 4 is 33.1 Å². The Morgan fingerprint density at radius 3 is 2.54 bits per heavy atom. The second-order valence-corrected chi connectivity index (χ2v) is 6.64. The molecule has 3 aromatic rings. The Labute approximate surface area is 144 Å². The van der Waals surface area contributed by atoms with E-state index in [-0.39, 0.29) is 11.9 Å². The number of hydrogen-bond donors (Lipinski definition) is 1. The predicted molar refractivity (Wildman–Crippen MR) is 97.7 cm³/mol. The minimum absolute atomic E-state index is 0.140. The molecule has 5 nitrogen and oxygen atoms in total. The fraction of sp³-hybridized carbons (Fsp3) is 0.278. The van der Waals surface area contributed by atoms with Crippen molar-refractivity contribution in [2.75, 3.05) is 19.5 Å². The van der Waals surface area contributed by atoms with Crippen LogP contribution in [0, 0.1) is 0 Å². The van der Waals surface area contributed by atoms with E-state index in [1.807, 2.05) is 17.5 Å². The number of anilines is 1. The molecule has 0 unspecified atom stereocenters. The third kappa shape index (κ3) is 2.85. The van der Waals surface area contributed by atoms with Gasteiger partial charge in [0.15, 0.2) is 11.5 Å². The van der Waals surface area contributed by atoms with Gasteiger partial charge in [-0.05, 0) is 43.5 Å². The van der Waals surface area contributed by atoms with E-state index in [1.165, 1.54) is 0 Å². The predicted octanol–water partition coefficient (Wildman–Crippen LogP) is 4.55. The Balaban J connectivity index is 1.93. The number of hydrogen-bond acceptors (Lipinski definition) is 4. The van der Waals surface area contributed by atoms with Crippen molar-refractivity contribution in [1.82, 2.24) is 4.57 Å². The molecule has 0 radical (unpaired) electrons. The van der Waals surface area contributed by atoms with Crippen molar-refractivity contribution in [2.45, 2.75) is 19.9 Å². The van der Waals surface area contributed by atoms with Gasteiger partial charge in [0.1, 0.15) is 5.69 Å². The van der Waals surface area contributed by atoms with E-state index in [1.54, 1.807) is 43.8 Å². The molecule has 3 rings (SSSR count). The standard InChI is InChI=1S/C18H20N2O3S/c1-11(2)20-13-7-8-24-17(13)10-14(20)18(21)19-12-5-6-15(22-3)16(9-12)23-4/h5-11H,1-4H3,(H,19,21). The average molecular weight is 344 g/mol. The Morgan fingerprint density at radius 1 is 1.12 bits per heavy atom. The Kier molecular flexibility index (Phi) is 4.49. The number of fused-ring (bicyclic) bond motifs is 1. The summed E-state index contributed by atoms with van der Waals surface area (Å²) in [6.45, 7) is 4.15. The van der Waals surface area contributed by atoms with Gasteiger partial charge < -0.3 is 19.4 Å². The summed E-state index contributed by atoms with van der Waals surface area (Å²) in [7, 11) is 3.15. The molecule has 2 aromatic heterocycles. The third-order valence-electron chi connectivity index (χ3n) is 3.85. The van der Waals surface area contributed by atoms with Crippen LogP contribution >= 0.6 is 11.3 Å². The van der Waals surface area contributed by atoms with Gasteiger partial charge in [-0.3, -0.25) is 4.79 Å². The summed E-state index contributed by atoms with van der Waals surface area (Å²) in [6.07, 6.45) is 0. The van der Waals surface area contributed by atoms with E-state index < -0.39 is 0 Å². The summed E-state index contributed by atoms with van der Waals surface area (Å²) in [5.41, 5.74) is 2.41. The van der Waals surface area contributed by atoms with E-state index in [0.29, 0.717) is 22.9 Å². The van der Waals surface area contributed by atoms with Crippen LogP contribution in [-0.4, -0.2) is 24.7 Å². The number of methoxy groups -OCH3 is 2. The molecule has 1 aromatic carbocycles. The number of benzene rings is 1. The zero-order chi connectivity index (χ0) is 17.3. The quantitative estimate of drug-likeness (QED) is 0.738. The molecule has 0 atom stereocenters. The number of aromatic nitrogens is 1. The monoisotopic (exact) mass is 344 g/mol. The van der Waals surface area contributed by atoms with Crippen LogP contribution in [0.25, 0.3) is 10.2 Å². The van der Waals surface area contributed by atoms with Gasteiger partial charge in [0, 0.05) is 17.8 Å². The summed E-state index contributed by atoms with van der Waals surface area (Å²) < 4.78 is 13.7. The van der Waals surface area contributed by atoms with Crippen LogP contribution in [0.3, 0.4) is 0 Å². The van der Waals surface area contributed by atoms with Crippen molar-refractivity contribution in [3.05, 3.63) is 41.4 Å². The molecule has 0 bridgehead atoms. The lowest BCUT2D eigenvalue weighted by Crippen LogP contribution is -2.18. The van der Waals surface area contributed by atoms with E-state index in [0.717, 1.165) is 10.2 Å². The molecular formula is C18H20N2O3S. The molecule has 0 aliphatic heterocycles. The molecule has 0 saturated carbocycles. The Morgan fingerprint density at radius 2 is 1.88 bits per heavy atom. The summed E-state index contributed by atoms with van der Waals surface area (Å²) >= 11 is 1.64. The highest BCUT2D eigenvalue weighted by atomic mass is 32.1. The zero-order valence-corrected chi connectivity index (χ0v) is 14.9. The molecule has 0 saturated heterocycles. The van der Waals surface area contributed by atoms with Gasteiger partial charge >= 0.3 is 0 Å². The van der Waals surface area contributed by atoms with Crippen LogP contribution in [-0.2, 0) is 0 Å². The van der Waals surface area contributed by atoms with Crippen molar-refractivity contribution in [3.8, 4) is 11.5 Å². The zero-order valence-electron chi connectivity index (χ0n) is 14.1. The summed E-state index contributed by atoms with van der Waals surface area (Å²) in [5.74, 6) is 1.07. The fourth-order valence-electron chi connectivity index (χ4n) is 2.79. The smallest absolute Gasteiger partial charge is 0.272 e. The van der Waals surface area contributed by atoms with Crippen LogP contribution in [0.4, 0.5) is 5.69 Å². The first-order chi connectivity index (χ1) is 11.5. The number of thiophene rings is 1. The summed E-state index contributed by atoms with van der Waals surface area (Å²) in [5, 5.41) is 4.98. The maximum absolute atomic E-state index is 12.8. The Hall–Kier alpha value is -2.47. The lowest BCUT2D eigenvalue weighted by atomic mass is 10.2. The first-order valence-electron chi connectivity index (χ1n) is 7.67. The molecule has 6 heteroatoms. The van der Waals surface area contributed by atoms with Crippen molar-refractivity contribution in [3.63, 3.8) is 0 Å².